The van der Waals surface area contributed by atoms with Crippen molar-refractivity contribution in [2.45, 2.75) is 13.0 Å². The van der Waals surface area contributed by atoms with E-state index in [-0.39, 0.29) is 6.04 Å². The van der Waals surface area contributed by atoms with Crippen molar-refractivity contribution in [3.05, 3.63) is 35.6 Å². The Morgan fingerprint density at radius 1 is 1.58 bits per heavy atom. The van der Waals surface area contributed by atoms with E-state index >= 15 is 0 Å². The molecule has 0 amide bonds. The van der Waals surface area contributed by atoms with Crippen molar-refractivity contribution in [2.75, 3.05) is 0 Å². The van der Waals surface area contributed by atoms with Gasteiger partial charge in [0, 0.05) is 11.3 Å². The van der Waals surface area contributed by atoms with Gasteiger partial charge in [-0.1, -0.05) is 18.7 Å². The van der Waals surface area contributed by atoms with Gasteiger partial charge in [0.05, 0.1) is 0 Å². The lowest BCUT2D eigenvalue weighted by Gasteiger charge is -2.22. The van der Waals surface area contributed by atoms with E-state index in [1.807, 2.05) is 13.0 Å². The number of guanidine groups is 1. The molecule has 12 heavy (non-hydrogen) atoms. The predicted octanol–water partition coefficient (Wildman–Crippen LogP) is 0.673. The van der Waals surface area contributed by atoms with Crippen LogP contribution in [0.4, 0.5) is 0 Å². The van der Waals surface area contributed by atoms with Crippen molar-refractivity contribution in [3.63, 3.8) is 0 Å². The van der Waals surface area contributed by atoms with Crippen molar-refractivity contribution < 1.29 is 0 Å². The van der Waals surface area contributed by atoms with E-state index in [4.69, 9.17) is 5.73 Å². The molecule has 1 aliphatic heterocycles. The van der Waals surface area contributed by atoms with Crippen LogP contribution >= 0.6 is 0 Å². The minimum absolute atomic E-state index is 0.110. The maximum absolute atomic E-state index is 5.57. The van der Waals surface area contributed by atoms with Crippen LogP contribution in [0.25, 0.3) is 0 Å². The van der Waals surface area contributed by atoms with Crippen LogP contribution in [-0.4, -0.2) is 12.0 Å². The van der Waals surface area contributed by atoms with E-state index < -0.39 is 0 Å². The molecule has 3 N–H and O–H groups in total. The Balaban J connectivity index is 2.43. The highest BCUT2D eigenvalue weighted by atomic mass is 15.1. The fourth-order valence-electron chi connectivity index (χ4n) is 1.48. The van der Waals surface area contributed by atoms with Gasteiger partial charge in [0.15, 0.2) is 5.96 Å². The maximum Gasteiger partial charge on any atom is 0.194 e. The number of nitrogens with one attached hydrogen (secondary N) is 1. The minimum atomic E-state index is 0.110. The molecule has 1 aliphatic carbocycles. The largest absolute Gasteiger partial charge is 0.370 e. The van der Waals surface area contributed by atoms with Gasteiger partial charge in [-0.25, -0.2) is 4.99 Å². The number of hydrogen-bond acceptors (Lipinski definition) is 3. The second kappa shape index (κ2) is 2.24. The summed E-state index contributed by atoms with van der Waals surface area (Å²) in [5.74, 6) is 0.455. The molecule has 0 saturated heterocycles. The van der Waals surface area contributed by atoms with Crippen LogP contribution in [0.1, 0.15) is 6.92 Å². The van der Waals surface area contributed by atoms with Crippen molar-refractivity contribution >= 4 is 5.96 Å². The van der Waals surface area contributed by atoms with Crippen molar-refractivity contribution in [3.8, 4) is 0 Å². The molecule has 1 atom stereocenters. The zero-order valence-electron chi connectivity index (χ0n) is 6.96. The summed E-state index contributed by atoms with van der Waals surface area (Å²) in [5.41, 5.74) is 8.77. The second-order valence-electron chi connectivity index (χ2n) is 3.05. The minimum Gasteiger partial charge on any atom is -0.370 e. The van der Waals surface area contributed by atoms with Gasteiger partial charge in [0.25, 0.3) is 0 Å². The molecule has 0 fully saturated rings. The highest BCUT2D eigenvalue weighted by Crippen LogP contribution is 2.28. The zero-order chi connectivity index (χ0) is 8.72. The van der Waals surface area contributed by atoms with E-state index in [0.29, 0.717) is 5.96 Å². The molecule has 2 aliphatic rings. The van der Waals surface area contributed by atoms with E-state index in [0.717, 1.165) is 11.3 Å². The summed E-state index contributed by atoms with van der Waals surface area (Å²) in [5, 5.41) is 2.90. The Hall–Kier alpha value is -1.51. The number of fused-ring (bicyclic) bond motifs is 1. The number of nitrogens with two attached hydrogens (primary N) is 1. The lowest BCUT2D eigenvalue weighted by atomic mass is 10.0. The number of nitrogens with zero attached hydrogens (tertiary/aromatic N) is 1. The van der Waals surface area contributed by atoms with Gasteiger partial charge in [-0.2, -0.15) is 0 Å². The highest BCUT2D eigenvalue weighted by Gasteiger charge is 2.25. The van der Waals surface area contributed by atoms with Gasteiger partial charge in [0.1, 0.15) is 6.04 Å². The summed E-state index contributed by atoms with van der Waals surface area (Å²) in [4.78, 5) is 4.26. The van der Waals surface area contributed by atoms with E-state index in [1.165, 1.54) is 5.57 Å². The molecular formula is C9H11N3. The van der Waals surface area contributed by atoms with Crippen LogP contribution in [-0.2, 0) is 0 Å². The molecule has 1 heterocycles. The van der Waals surface area contributed by atoms with Crippen LogP contribution in [0.5, 0.6) is 0 Å². The lowest BCUT2D eigenvalue weighted by molar-refractivity contribution is 0.844. The summed E-state index contributed by atoms with van der Waals surface area (Å²) in [6, 6.07) is 0.110. The summed E-state index contributed by atoms with van der Waals surface area (Å²) in [7, 11) is 0. The lowest BCUT2D eigenvalue weighted by Crippen LogP contribution is -2.38. The Kier molecular flexibility index (Phi) is 1.33. The third-order valence-corrected chi connectivity index (χ3v) is 2.15. The first-order valence-electron chi connectivity index (χ1n) is 3.86. The molecule has 1 unspecified atom stereocenters. The first kappa shape index (κ1) is 7.16. The molecular weight excluding hydrogens is 150 g/mol. The Labute approximate surface area is 71.4 Å². The number of rotatable bonds is 0. The average Bonchev–Trinajstić information content (AvgIpc) is 2.33. The quantitative estimate of drug-likeness (QED) is 0.548. The monoisotopic (exact) mass is 161 g/mol. The molecule has 3 heteroatoms. The van der Waals surface area contributed by atoms with Crippen LogP contribution in [0, 0.1) is 0 Å². The Morgan fingerprint density at radius 3 is 3.08 bits per heavy atom. The van der Waals surface area contributed by atoms with Crippen LogP contribution in [0.15, 0.2) is 40.6 Å². The molecule has 0 radical (unpaired) electrons. The number of aliphatic imine (C=N–C) groups is 1. The van der Waals surface area contributed by atoms with Crippen molar-refractivity contribution in [1.82, 2.24) is 5.32 Å². The van der Waals surface area contributed by atoms with Gasteiger partial charge in [-0.3, -0.25) is 0 Å². The first-order chi connectivity index (χ1) is 5.68. The molecule has 0 aromatic heterocycles. The fraction of sp³-hybridized carbons (Fsp3) is 0.222. The van der Waals surface area contributed by atoms with Crippen molar-refractivity contribution in [1.29, 1.82) is 0 Å². The summed E-state index contributed by atoms with van der Waals surface area (Å²) < 4.78 is 0. The maximum atomic E-state index is 5.57. The van der Waals surface area contributed by atoms with Gasteiger partial charge < -0.3 is 11.1 Å². The smallest absolute Gasteiger partial charge is 0.194 e. The van der Waals surface area contributed by atoms with Gasteiger partial charge in [-0.15, -0.1) is 0 Å². The van der Waals surface area contributed by atoms with Gasteiger partial charge in [0.2, 0.25) is 0 Å². The third kappa shape index (κ3) is 0.863. The van der Waals surface area contributed by atoms with Crippen LogP contribution < -0.4 is 11.1 Å². The van der Waals surface area contributed by atoms with Crippen molar-refractivity contribution in [2.24, 2.45) is 10.7 Å². The Morgan fingerprint density at radius 2 is 2.33 bits per heavy atom. The third-order valence-electron chi connectivity index (χ3n) is 2.15. The second-order valence-corrected chi connectivity index (χ2v) is 3.05. The molecule has 3 nitrogen and oxygen atoms in total. The molecule has 0 aromatic rings. The number of hydrogen-bond donors (Lipinski definition) is 2. The van der Waals surface area contributed by atoms with E-state index in [2.05, 4.69) is 23.0 Å². The molecule has 62 valence electrons. The SMILES string of the molecule is C=C1NC(N)=NC2C(C)=CC=C12. The Bertz CT molecular complexity index is 334. The number of allylic oxidation sites excluding steroid dienone is 2. The summed E-state index contributed by atoms with van der Waals surface area (Å²) in [6.45, 7) is 5.91. The molecule has 0 aromatic carbocycles. The average molecular weight is 161 g/mol. The molecule has 0 bridgehead atoms. The van der Waals surface area contributed by atoms with Crippen LogP contribution in [0.3, 0.4) is 0 Å². The first-order valence-corrected chi connectivity index (χ1v) is 3.86. The zero-order valence-corrected chi connectivity index (χ0v) is 6.96. The van der Waals surface area contributed by atoms with Gasteiger partial charge >= 0.3 is 0 Å². The molecule has 0 spiro atoms. The highest BCUT2D eigenvalue weighted by molar-refractivity contribution is 5.83. The molecule has 2 rings (SSSR count). The van der Waals surface area contributed by atoms with Crippen LogP contribution in [0.2, 0.25) is 0 Å². The molecule has 0 saturated carbocycles. The normalized spacial score (nSPS) is 26.9. The predicted molar refractivity (Wildman–Crippen MR) is 49.5 cm³/mol. The van der Waals surface area contributed by atoms with E-state index in [1.54, 1.807) is 0 Å². The standard InChI is InChI=1S/C9H11N3/c1-5-3-4-7-6(2)11-9(10)12-8(5)7/h3-4,8H,2H2,1H3,(H3,10,11,12). The summed E-state index contributed by atoms with van der Waals surface area (Å²) >= 11 is 0. The van der Waals surface area contributed by atoms with E-state index in [9.17, 15) is 0 Å². The summed E-state index contributed by atoms with van der Waals surface area (Å²) in [6.07, 6.45) is 4.08. The fourth-order valence-corrected chi connectivity index (χ4v) is 1.48. The van der Waals surface area contributed by atoms with Gasteiger partial charge in [-0.05, 0) is 12.5 Å². The topological polar surface area (TPSA) is 50.4 Å².